The molecule has 0 heterocycles. The van der Waals surface area contributed by atoms with Crippen LogP contribution in [-0.4, -0.2) is 18.5 Å². The molecule has 0 saturated heterocycles. The molecule has 1 amide bonds. The molecular formula is C21H21NO4. The van der Waals surface area contributed by atoms with E-state index in [4.69, 9.17) is 9.47 Å². The van der Waals surface area contributed by atoms with Gasteiger partial charge in [-0.05, 0) is 36.8 Å². The lowest BCUT2D eigenvalue weighted by Gasteiger charge is -2.08. The van der Waals surface area contributed by atoms with Crippen molar-refractivity contribution in [1.29, 1.82) is 0 Å². The lowest BCUT2D eigenvalue weighted by atomic mass is 10.2. The third kappa shape index (κ3) is 7.05. The molecule has 0 aliphatic heterocycles. The van der Waals surface area contributed by atoms with Crippen molar-refractivity contribution in [3.05, 3.63) is 84.5 Å². The largest absolute Gasteiger partial charge is 0.489 e. The average molecular weight is 351 g/mol. The van der Waals surface area contributed by atoms with Gasteiger partial charge in [0.25, 0.3) is 5.91 Å². The van der Waals surface area contributed by atoms with Gasteiger partial charge in [-0.3, -0.25) is 4.79 Å². The van der Waals surface area contributed by atoms with Crippen LogP contribution in [0, 0.1) is 0 Å². The molecule has 26 heavy (non-hydrogen) atoms. The highest BCUT2D eigenvalue weighted by Crippen LogP contribution is 2.17. The SMILES string of the molecule is C/C=C/C=C/C(=O)OCC(=O)Nc1ccc(OCc2ccccc2)cc1. The van der Waals surface area contributed by atoms with Crippen LogP contribution in [0.25, 0.3) is 0 Å². The summed E-state index contributed by atoms with van der Waals surface area (Å²) in [6.45, 7) is 1.97. The Balaban J connectivity index is 1.75. The highest BCUT2D eigenvalue weighted by molar-refractivity contribution is 5.93. The number of hydrogen-bond acceptors (Lipinski definition) is 4. The summed E-state index contributed by atoms with van der Waals surface area (Å²) in [5.41, 5.74) is 1.68. The van der Waals surface area contributed by atoms with Crippen LogP contribution in [0.15, 0.2) is 78.9 Å². The summed E-state index contributed by atoms with van der Waals surface area (Å²) in [7, 11) is 0. The molecule has 0 aliphatic carbocycles. The summed E-state index contributed by atoms with van der Waals surface area (Å²) in [5.74, 6) is -0.272. The van der Waals surface area contributed by atoms with E-state index < -0.39 is 11.9 Å². The summed E-state index contributed by atoms with van der Waals surface area (Å²) >= 11 is 0. The van der Waals surface area contributed by atoms with E-state index >= 15 is 0 Å². The number of allylic oxidation sites excluding steroid dienone is 3. The molecular weight excluding hydrogens is 330 g/mol. The molecule has 0 unspecified atom stereocenters. The van der Waals surface area contributed by atoms with E-state index in [0.29, 0.717) is 18.0 Å². The Morgan fingerprint density at radius 3 is 2.42 bits per heavy atom. The van der Waals surface area contributed by atoms with Crippen LogP contribution >= 0.6 is 0 Å². The molecule has 2 rings (SSSR count). The maximum absolute atomic E-state index is 11.8. The first-order valence-corrected chi connectivity index (χ1v) is 8.20. The summed E-state index contributed by atoms with van der Waals surface area (Å²) < 4.78 is 10.5. The monoisotopic (exact) mass is 351 g/mol. The van der Waals surface area contributed by atoms with Crippen LogP contribution in [0.3, 0.4) is 0 Å². The number of esters is 1. The first-order chi connectivity index (χ1) is 12.7. The minimum absolute atomic E-state index is 0.342. The predicted octanol–water partition coefficient (Wildman–Crippen LogP) is 3.88. The Morgan fingerprint density at radius 1 is 1.00 bits per heavy atom. The quantitative estimate of drug-likeness (QED) is 0.445. The first kappa shape index (κ1) is 19.0. The molecule has 0 saturated carbocycles. The highest BCUT2D eigenvalue weighted by Gasteiger charge is 2.06. The van der Waals surface area contributed by atoms with Crippen molar-refractivity contribution in [2.24, 2.45) is 0 Å². The Hall–Kier alpha value is -3.34. The summed E-state index contributed by atoms with van der Waals surface area (Å²) in [4.78, 5) is 23.2. The molecule has 0 atom stereocenters. The van der Waals surface area contributed by atoms with Crippen LogP contribution in [-0.2, 0) is 20.9 Å². The molecule has 134 valence electrons. The summed E-state index contributed by atoms with van der Waals surface area (Å²) in [6, 6.07) is 16.8. The Bertz CT molecular complexity index is 764. The minimum atomic E-state index is -0.567. The van der Waals surface area contributed by atoms with Gasteiger partial charge < -0.3 is 14.8 Å². The van der Waals surface area contributed by atoms with E-state index in [-0.39, 0.29) is 6.61 Å². The third-order valence-corrected chi connectivity index (χ3v) is 3.27. The van der Waals surface area contributed by atoms with E-state index in [0.717, 1.165) is 5.56 Å². The molecule has 5 heteroatoms. The van der Waals surface area contributed by atoms with Gasteiger partial charge in [0, 0.05) is 11.8 Å². The van der Waals surface area contributed by atoms with Crippen LogP contribution in [0.4, 0.5) is 5.69 Å². The Labute approximate surface area is 152 Å². The normalized spacial score (nSPS) is 10.8. The third-order valence-electron chi connectivity index (χ3n) is 3.27. The standard InChI is InChI=1S/C21H21NO4/c1-2-3-5-10-21(24)26-16-20(23)22-18-11-13-19(14-12-18)25-15-17-8-6-4-7-9-17/h2-14H,15-16H2,1H3,(H,22,23)/b3-2+,10-5+. The number of amides is 1. The maximum atomic E-state index is 11.8. The predicted molar refractivity (Wildman–Crippen MR) is 101 cm³/mol. The van der Waals surface area contributed by atoms with Crippen molar-refractivity contribution in [2.45, 2.75) is 13.5 Å². The first-order valence-electron chi connectivity index (χ1n) is 8.20. The second-order valence-corrected chi connectivity index (χ2v) is 5.34. The number of hydrogen-bond donors (Lipinski definition) is 1. The fourth-order valence-corrected chi connectivity index (χ4v) is 2.00. The van der Waals surface area contributed by atoms with E-state index in [1.807, 2.05) is 37.3 Å². The Morgan fingerprint density at radius 2 is 1.73 bits per heavy atom. The van der Waals surface area contributed by atoms with Gasteiger partial charge in [-0.1, -0.05) is 48.6 Å². The lowest BCUT2D eigenvalue weighted by molar-refractivity contribution is -0.142. The van der Waals surface area contributed by atoms with Gasteiger partial charge in [-0.15, -0.1) is 0 Å². The summed E-state index contributed by atoms with van der Waals surface area (Å²) in [6.07, 6.45) is 6.28. The van der Waals surface area contributed by atoms with Gasteiger partial charge in [-0.25, -0.2) is 4.79 Å². The number of anilines is 1. The zero-order valence-electron chi connectivity index (χ0n) is 14.6. The highest BCUT2D eigenvalue weighted by atomic mass is 16.5. The molecule has 0 spiro atoms. The van der Waals surface area contributed by atoms with E-state index in [1.165, 1.54) is 6.08 Å². The van der Waals surface area contributed by atoms with Crippen LogP contribution in [0.1, 0.15) is 12.5 Å². The van der Waals surface area contributed by atoms with E-state index in [2.05, 4.69) is 5.32 Å². The van der Waals surface area contributed by atoms with E-state index in [1.54, 1.807) is 42.5 Å². The van der Waals surface area contributed by atoms with Gasteiger partial charge >= 0.3 is 5.97 Å². The van der Waals surface area contributed by atoms with Gasteiger partial charge in [-0.2, -0.15) is 0 Å². The molecule has 1 N–H and O–H groups in total. The zero-order chi connectivity index (χ0) is 18.6. The molecule has 0 bridgehead atoms. The van der Waals surface area contributed by atoms with Crippen molar-refractivity contribution in [2.75, 3.05) is 11.9 Å². The second-order valence-electron chi connectivity index (χ2n) is 5.34. The number of ether oxygens (including phenoxy) is 2. The fourth-order valence-electron chi connectivity index (χ4n) is 2.00. The smallest absolute Gasteiger partial charge is 0.331 e. The van der Waals surface area contributed by atoms with Crippen molar-refractivity contribution in [3.63, 3.8) is 0 Å². The molecule has 0 radical (unpaired) electrons. The van der Waals surface area contributed by atoms with Gasteiger partial charge in [0.1, 0.15) is 12.4 Å². The number of nitrogens with one attached hydrogen (secondary N) is 1. The number of rotatable bonds is 8. The average Bonchev–Trinajstić information content (AvgIpc) is 2.67. The van der Waals surface area contributed by atoms with Gasteiger partial charge in [0.15, 0.2) is 6.61 Å². The van der Waals surface area contributed by atoms with Crippen LogP contribution in [0.5, 0.6) is 5.75 Å². The molecule has 5 nitrogen and oxygen atoms in total. The van der Waals surface area contributed by atoms with Crippen molar-refractivity contribution >= 4 is 17.6 Å². The molecule has 0 aliphatic rings. The van der Waals surface area contributed by atoms with Crippen molar-refractivity contribution in [1.82, 2.24) is 0 Å². The molecule has 2 aromatic carbocycles. The maximum Gasteiger partial charge on any atom is 0.331 e. The van der Waals surface area contributed by atoms with Crippen LogP contribution < -0.4 is 10.1 Å². The minimum Gasteiger partial charge on any atom is -0.489 e. The van der Waals surface area contributed by atoms with Gasteiger partial charge in [0.2, 0.25) is 0 Å². The zero-order valence-corrected chi connectivity index (χ0v) is 14.6. The van der Waals surface area contributed by atoms with Crippen LogP contribution in [0.2, 0.25) is 0 Å². The van der Waals surface area contributed by atoms with Crippen molar-refractivity contribution in [3.8, 4) is 5.75 Å². The number of carbonyl (C=O) groups is 2. The van der Waals surface area contributed by atoms with Crippen molar-refractivity contribution < 1.29 is 19.1 Å². The number of benzene rings is 2. The summed E-state index contributed by atoms with van der Waals surface area (Å²) in [5, 5.41) is 2.66. The molecule has 0 aromatic heterocycles. The fraction of sp³-hybridized carbons (Fsp3) is 0.143. The second kappa shape index (κ2) is 10.5. The molecule has 0 fully saturated rings. The lowest BCUT2D eigenvalue weighted by Crippen LogP contribution is -2.20. The van der Waals surface area contributed by atoms with E-state index in [9.17, 15) is 9.59 Å². The topological polar surface area (TPSA) is 64.6 Å². The van der Waals surface area contributed by atoms with Gasteiger partial charge in [0.05, 0.1) is 0 Å². The number of carbonyl (C=O) groups excluding carboxylic acids is 2. The Kier molecular flexibility index (Phi) is 7.68. The molecule has 2 aromatic rings.